The molecule has 0 rings (SSSR count). The Hall–Kier alpha value is -9.60. The lowest BCUT2D eigenvalue weighted by Crippen LogP contribution is -2.36. The van der Waals surface area contributed by atoms with Gasteiger partial charge in [0.25, 0.3) is 0 Å². The maximum atomic E-state index is 11.7. The van der Waals surface area contributed by atoms with E-state index in [1.807, 2.05) is 83.1 Å². The molecule has 786 valence electrons. The van der Waals surface area contributed by atoms with E-state index in [2.05, 4.69) is 71.4 Å². The minimum absolute atomic E-state index is 0.0588. The molecule has 0 aromatic heterocycles. The third-order valence-electron chi connectivity index (χ3n) is 14.7. The second kappa shape index (κ2) is 105. The average molecular weight is 1950 g/mol. The standard InChI is InChI=1S/3C16H29NO6.3C15H27NO6/c3*1-5-8-20-11-14(12-21-9-6-2)23-16(19)17-7-10-22-15(18)13(3)4;3*1-4-8-19-11-13(12-20-9-5-2)22-15(18)16-7-10-21-14(17)6-3/h3*14H,3,5-12H2,1-2,4H3,(H,17,19);3*6,13H,3-5,7-12H2,1-2H3,(H,16,18). The van der Waals surface area contributed by atoms with Crippen molar-refractivity contribution in [2.45, 2.75) is 218 Å². The van der Waals surface area contributed by atoms with Crippen molar-refractivity contribution in [1.29, 1.82) is 0 Å². The topological polar surface area (TPSA) is 499 Å². The SMILES string of the molecule is C=C(C)C(=O)OCCNC(=O)OC(COCCC)COCCC.C=C(C)C(=O)OCCNC(=O)OC(COCCC)COCCC.C=C(C)C(=O)OCCNC(=O)OC(COCCC)COCCC.C=CC(=O)OCCNC(=O)OC(COCCC)COCCC.C=CC(=O)OCCNC(=O)OC(COCCC)COCCC.C=CC(=O)OCCNC(=O)OC(COCCC)COCCC. The maximum Gasteiger partial charge on any atom is 0.407 e. The van der Waals surface area contributed by atoms with Gasteiger partial charge in [-0.2, -0.15) is 0 Å². The molecule has 135 heavy (non-hydrogen) atoms. The number of carbonyl (C=O) groups excluding carboxylic acids is 12. The monoisotopic (exact) mass is 1950 g/mol. The van der Waals surface area contributed by atoms with Crippen molar-refractivity contribution >= 4 is 72.4 Å². The molecule has 0 aliphatic rings. The highest BCUT2D eigenvalue weighted by Gasteiger charge is 2.22. The zero-order valence-corrected chi connectivity index (χ0v) is 83.6. The second-order valence-corrected chi connectivity index (χ2v) is 28.5. The van der Waals surface area contributed by atoms with Crippen molar-refractivity contribution in [1.82, 2.24) is 31.9 Å². The van der Waals surface area contributed by atoms with E-state index >= 15 is 0 Å². The molecule has 0 atom stereocenters. The third-order valence-corrected chi connectivity index (χ3v) is 14.7. The summed E-state index contributed by atoms with van der Waals surface area (Å²) in [4.78, 5) is 136. The molecule has 0 saturated heterocycles. The Balaban J connectivity index is -0.000000370. The Bertz CT molecular complexity index is 2680. The molecular weight excluding hydrogens is 1780 g/mol. The first-order valence-electron chi connectivity index (χ1n) is 46.4. The lowest BCUT2D eigenvalue weighted by molar-refractivity contribution is -0.139. The van der Waals surface area contributed by atoms with E-state index in [-0.39, 0.29) is 158 Å². The summed E-state index contributed by atoms with van der Waals surface area (Å²) < 4.78 is 125. The number of esters is 6. The molecular formula is C93H168N6O36. The molecule has 0 aliphatic heterocycles. The number of nitrogens with one attached hydrogen (secondary N) is 6. The summed E-state index contributed by atoms with van der Waals surface area (Å²) in [6.45, 7) is 60.9. The van der Waals surface area contributed by atoms with Crippen molar-refractivity contribution in [2.75, 3.05) is 237 Å². The van der Waals surface area contributed by atoms with Gasteiger partial charge in [-0.05, 0) is 97.8 Å². The van der Waals surface area contributed by atoms with Crippen LogP contribution in [-0.2, 0) is 142 Å². The minimum Gasteiger partial charge on any atom is -0.461 e. The van der Waals surface area contributed by atoms with Gasteiger partial charge in [0.05, 0.1) is 119 Å². The van der Waals surface area contributed by atoms with Crippen LogP contribution < -0.4 is 31.9 Å². The van der Waals surface area contributed by atoms with E-state index in [0.717, 1.165) is 95.3 Å². The zero-order valence-electron chi connectivity index (χ0n) is 83.6. The predicted molar refractivity (Wildman–Crippen MR) is 504 cm³/mol. The summed E-state index contributed by atoms with van der Waals surface area (Å²) in [5, 5.41) is 15.0. The van der Waals surface area contributed by atoms with E-state index in [1.165, 1.54) is 0 Å². The van der Waals surface area contributed by atoms with Gasteiger partial charge in [0, 0.05) is 114 Å². The Morgan fingerprint density at radius 1 is 0.207 bits per heavy atom. The molecule has 0 fully saturated rings. The van der Waals surface area contributed by atoms with Crippen LogP contribution in [0.15, 0.2) is 74.4 Å². The van der Waals surface area contributed by atoms with Gasteiger partial charge in [-0.3, -0.25) is 0 Å². The van der Waals surface area contributed by atoms with Crippen molar-refractivity contribution < 1.29 is 171 Å². The van der Waals surface area contributed by atoms with Gasteiger partial charge < -0.3 is 146 Å². The van der Waals surface area contributed by atoms with Gasteiger partial charge >= 0.3 is 72.4 Å². The van der Waals surface area contributed by atoms with Gasteiger partial charge in [0.2, 0.25) is 0 Å². The van der Waals surface area contributed by atoms with Crippen LogP contribution >= 0.6 is 0 Å². The normalized spacial score (nSPS) is 10.4. The van der Waals surface area contributed by atoms with E-state index < -0.39 is 109 Å². The van der Waals surface area contributed by atoms with E-state index in [4.69, 9.17) is 114 Å². The van der Waals surface area contributed by atoms with Gasteiger partial charge in [0.1, 0.15) is 39.6 Å². The largest absolute Gasteiger partial charge is 0.461 e. The lowest BCUT2D eigenvalue weighted by Gasteiger charge is -2.18. The highest BCUT2D eigenvalue weighted by Crippen LogP contribution is 2.07. The molecule has 0 aromatic rings. The Labute approximate surface area is 801 Å². The Morgan fingerprint density at radius 2 is 0.326 bits per heavy atom. The number of ether oxygens (including phenoxy) is 24. The second-order valence-electron chi connectivity index (χ2n) is 28.5. The van der Waals surface area contributed by atoms with Gasteiger partial charge in [-0.25, -0.2) is 57.5 Å². The highest BCUT2D eigenvalue weighted by molar-refractivity contribution is 5.88. The van der Waals surface area contributed by atoms with Crippen molar-refractivity contribution in [2.24, 2.45) is 0 Å². The smallest absolute Gasteiger partial charge is 0.407 e. The van der Waals surface area contributed by atoms with Crippen molar-refractivity contribution in [3.63, 3.8) is 0 Å². The molecule has 0 aliphatic carbocycles. The third kappa shape index (κ3) is 103. The fraction of sp³-hybridized carbons (Fsp3) is 0.742. The number of rotatable bonds is 78. The van der Waals surface area contributed by atoms with Crippen LogP contribution in [0.2, 0.25) is 0 Å². The van der Waals surface area contributed by atoms with Crippen LogP contribution in [0.5, 0.6) is 0 Å². The molecule has 0 radical (unpaired) electrons. The summed E-state index contributed by atoms with van der Waals surface area (Å²) in [5.74, 6) is -3.06. The predicted octanol–water partition coefficient (Wildman–Crippen LogP) is 11.2. The molecule has 0 aromatic carbocycles. The Morgan fingerprint density at radius 3 is 0.430 bits per heavy atom. The first-order valence-corrected chi connectivity index (χ1v) is 46.4. The number of amides is 6. The van der Waals surface area contributed by atoms with Gasteiger partial charge in [-0.15, -0.1) is 0 Å². The van der Waals surface area contributed by atoms with Crippen LogP contribution in [-0.4, -0.2) is 346 Å². The van der Waals surface area contributed by atoms with E-state index in [9.17, 15) is 57.5 Å². The quantitative estimate of drug-likeness (QED) is 0.0143. The summed E-state index contributed by atoms with van der Waals surface area (Å²) in [7, 11) is 0. The Kier molecular flexibility index (Phi) is 106. The van der Waals surface area contributed by atoms with Crippen LogP contribution in [0.1, 0.15) is 181 Å². The van der Waals surface area contributed by atoms with Gasteiger partial charge in [-0.1, -0.05) is 123 Å². The van der Waals surface area contributed by atoms with Crippen LogP contribution in [0.3, 0.4) is 0 Å². The van der Waals surface area contributed by atoms with Gasteiger partial charge in [0.15, 0.2) is 36.6 Å². The van der Waals surface area contributed by atoms with Crippen molar-refractivity contribution in [3.8, 4) is 0 Å². The number of carbonyl (C=O) groups is 12. The highest BCUT2D eigenvalue weighted by atomic mass is 16.6. The first-order chi connectivity index (χ1) is 64.9. The molecule has 0 heterocycles. The zero-order chi connectivity index (χ0) is 102. The van der Waals surface area contributed by atoms with Crippen LogP contribution in [0, 0.1) is 0 Å². The lowest BCUT2D eigenvalue weighted by atomic mass is 10.4. The first kappa shape index (κ1) is 136. The summed E-state index contributed by atoms with van der Waals surface area (Å²) >= 11 is 0. The van der Waals surface area contributed by atoms with Crippen LogP contribution in [0.25, 0.3) is 0 Å². The average Bonchev–Trinajstić information content (AvgIpc) is 0.902. The molecule has 0 saturated carbocycles. The molecule has 42 nitrogen and oxygen atoms in total. The number of hydrogen-bond donors (Lipinski definition) is 6. The van der Waals surface area contributed by atoms with E-state index in [1.54, 1.807) is 20.8 Å². The summed E-state index contributed by atoms with van der Waals surface area (Å²) in [6, 6.07) is 0. The summed E-state index contributed by atoms with van der Waals surface area (Å²) in [5.41, 5.74) is 0.941. The molecule has 0 unspecified atom stereocenters. The molecule has 0 bridgehead atoms. The summed E-state index contributed by atoms with van der Waals surface area (Å²) in [6.07, 6.45) is 7.51. The molecule has 6 amide bonds. The van der Waals surface area contributed by atoms with Crippen LogP contribution in [0.4, 0.5) is 28.8 Å². The molecule has 0 spiro atoms. The van der Waals surface area contributed by atoms with Crippen molar-refractivity contribution in [3.05, 3.63) is 74.4 Å². The molecule has 6 N–H and O–H groups in total. The fourth-order valence-electron chi connectivity index (χ4n) is 8.52. The fourth-order valence-corrected chi connectivity index (χ4v) is 8.52. The number of alkyl carbamates (subject to hydrolysis) is 6. The maximum absolute atomic E-state index is 11.7. The van der Waals surface area contributed by atoms with E-state index in [0.29, 0.717) is 96.0 Å². The minimum atomic E-state index is -0.597. The number of hydrogen-bond acceptors (Lipinski definition) is 36. The molecule has 42 heteroatoms.